The van der Waals surface area contributed by atoms with Gasteiger partial charge in [-0.15, -0.1) is 0 Å². The normalized spacial score (nSPS) is 9.89. The van der Waals surface area contributed by atoms with Crippen molar-refractivity contribution in [1.82, 2.24) is 4.98 Å². The first-order valence-electron chi connectivity index (χ1n) is 5.34. The Kier molecular flexibility index (Phi) is 3.37. The molecule has 6 N–H and O–H groups in total. The van der Waals surface area contributed by atoms with Crippen molar-refractivity contribution in [2.45, 2.75) is 0 Å². The second kappa shape index (κ2) is 5.13. The molecule has 98 valence electrons. The van der Waals surface area contributed by atoms with Crippen LogP contribution in [0.2, 0.25) is 0 Å². The molecule has 2 aromatic rings. The molecule has 0 saturated heterocycles. The fourth-order valence-electron chi connectivity index (χ4n) is 1.42. The molecule has 1 aromatic carbocycles. The van der Waals surface area contributed by atoms with Crippen LogP contribution in [0, 0.1) is 0 Å². The molecule has 0 aliphatic carbocycles. The van der Waals surface area contributed by atoms with Crippen LogP contribution < -0.4 is 21.5 Å². The number of benzene rings is 1. The van der Waals surface area contributed by atoms with E-state index in [2.05, 4.69) is 10.3 Å². The van der Waals surface area contributed by atoms with Crippen LogP contribution in [-0.4, -0.2) is 16.2 Å². The van der Waals surface area contributed by atoms with E-state index in [9.17, 15) is 4.79 Å². The number of carbonyl (C=O) groups is 1. The number of nitrogens with one attached hydrogen (secondary N) is 1. The fraction of sp³-hybridized carbons (Fsp3) is 0. The maximum Gasteiger partial charge on any atom is 0.409 e. The minimum atomic E-state index is -1.13. The minimum Gasteiger partial charge on any atom is -0.465 e. The maximum atomic E-state index is 10.4. The lowest BCUT2D eigenvalue weighted by atomic mass is 10.3. The molecule has 0 spiro atoms. The highest BCUT2D eigenvalue weighted by Gasteiger charge is 2.06. The Hall–Kier alpha value is -2.96. The van der Waals surface area contributed by atoms with E-state index in [0.29, 0.717) is 17.2 Å². The van der Waals surface area contributed by atoms with Gasteiger partial charge in [0.2, 0.25) is 0 Å². The molecule has 0 fully saturated rings. The summed E-state index contributed by atoms with van der Waals surface area (Å²) in [7, 11) is 0. The Balaban J connectivity index is 2.15. The van der Waals surface area contributed by atoms with Crippen LogP contribution in [0.3, 0.4) is 0 Å². The van der Waals surface area contributed by atoms with Crippen molar-refractivity contribution in [2.75, 3.05) is 16.8 Å². The molecule has 0 bridgehead atoms. The summed E-state index contributed by atoms with van der Waals surface area (Å²) in [4.78, 5) is 14.3. The number of nitrogens with zero attached hydrogens (tertiary/aromatic N) is 1. The van der Waals surface area contributed by atoms with E-state index in [4.69, 9.17) is 21.3 Å². The van der Waals surface area contributed by atoms with E-state index in [1.807, 2.05) is 0 Å². The highest BCUT2D eigenvalue weighted by Crippen LogP contribution is 2.30. The Morgan fingerprint density at radius 3 is 2.53 bits per heavy atom. The average Bonchev–Trinajstić information content (AvgIpc) is 2.37. The van der Waals surface area contributed by atoms with Gasteiger partial charge in [0.1, 0.15) is 17.3 Å². The predicted molar refractivity (Wildman–Crippen MR) is 71.2 cm³/mol. The third-order valence-electron chi connectivity index (χ3n) is 2.31. The van der Waals surface area contributed by atoms with Crippen LogP contribution in [0.25, 0.3) is 0 Å². The van der Waals surface area contributed by atoms with E-state index < -0.39 is 6.09 Å². The van der Waals surface area contributed by atoms with E-state index in [1.54, 1.807) is 30.3 Å². The topological polar surface area (TPSA) is 123 Å². The van der Waals surface area contributed by atoms with Gasteiger partial charge in [0.15, 0.2) is 5.75 Å². The first kappa shape index (κ1) is 12.5. The van der Waals surface area contributed by atoms with E-state index in [0.717, 1.165) is 0 Å². The SMILES string of the molecule is Nc1nccc(Oc2ccc(NC(=O)O)cc2)c1N. The molecule has 19 heavy (non-hydrogen) atoms. The van der Waals surface area contributed by atoms with Crippen LogP contribution in [-0.2, 0) is 0 Å². The van der Waals surface area contributed by atoms with Crippen LogP contribution in [0.5, 0.6) is 11.5 Å². The summed E-state index contributed by atoms with van der Waals surface area (Å²) in [5.41, 5.74) is 12.0. The van der Waals surface area contributed by atoms with Gasteiger partial charge in [-0.1, -0.05) is 0 Å². The fourth-order valence-corrected chi connectivity index (χ4v) is 1.42. The number of nitrogen functional groups attached to an aromatic ring is 2. The summed E-state index contributed by atoms with van der Waals surface area (Å²) in [5, 5.41) is 10.8. The number of rotatable bonds is 3. The highest BCUT2D eigenvalue weighted by molar-refractivity contribution is 5.82. The Morgan fingerprint density at radius 1 is 1.21 bits per heavy atom. The number of hydrogen-bond donors (Lipinski definition) is 4. The van der Waals surface area contributed by atoms with Crippen molar-refractivity contribution in [3.63, 3.8) is 0 Å². The zero-order chi connectivity index (χ0) is 13.8. The summed E-state index contributed by atoms with van der Waals surface area (Å²) in [6, 6.07) is 7.96. The molecule has 0 atom stereocenters. The summed E-state index contributed by atoms with van der Waals surface area (Å²) in [5.74, 6) is 1.10. The van der Waals surface area contributed by atoms with Crippen molar-refractivity contribution >= 4 is 23.3 Å². The monoisotopic (exact) mass is 260 g/mol. The number of amides is 1. The number of pyridine rings is 1. The van der Waals surface area contributed by atoms with Gasteiger partial charge >= 0.3 is 6.09 Å². The summed E-state index contributed by atoms with van der Waals surface area (Å²) in [6.07, 6.45) is 0.362. The van der Waals surface area contributed by atoms with E-state index in [-0.39, 0.29) is 11.5 Å². The first-order chi connectivity index (χ1) is 9.06. The van der Waals surface area contributed by atoms with E-state index >= 15 is 0 Å². The lowest BCUT2D eigenvalue weighted by Crippen LogP contribution is -2.06. The molecule has 2 rings (SSSR count). The lowest BCUT2D eigenvalue weighted by Gasteiger charge is -2.09. The van der Waals surface area contributed by atoms with Gasteiger partial charge in [-0.2, -0.15) is 0 Å². The van der Waals surface area contributed by atoms with Crippen LogP contribution >= 0.6 is 0 Å². The number of ether oxygens (including phenoxy) is 1. The molecule has 0 aliphatic rings. The van der Waals surface area contributed by atoms with Gasteiger partial charge in [-0.05, 0) is 24.3 Å². The Labute approximate surface area is 108 Å². The largest absolute Gasteiger partial charge is 0.465 e. The zero-order valence-electron chi connectivity index (χ0n) is 9.83. The summed E-state index contributed by atoms with van der Waals surface area (Å²) < 4.78 is 5.53. The number of carboxylic acid groups (broad SMARTS) is 1. The highest BCUT2D eigenvalue weighted by atomic mass is 16.5. The third-order valence-corrected chi connectivity index (χ3v) is 2.31. The Morgan fingerprint density at radius 2 is 1.89 bits per heavy atom. The van der Waals surface area contributed by atoms with Gasteiger partial charge in [-0.25, -0.2) is 9.78 Å². The van der Waals surface area contributed by atoms with Crippen molar-refractivity contribution in [3.05, 3.63) is 36.5 Å². The first-order valence-corrected chi connectivity index (χ1v) is 5.34. The molecule has 7 nitrogen and oxygen atoms in total. The molecular weight excluding hydrogens is 248 g/mol. The second-order valence-electron chi connectivity index (χ2n) is 3.66. The smallest absolute Gasteiger partial charge is 0.409 e. The molecule has 1 aromatic heterocycles. The molecule has 0 radical (unpaired) electrons. The van der Waals surface area contributed by atoms with Gasteiger partial charge in [-0.3, -0.25) is 5.32 Å². The van der Waals surface area contributed by atoms with Gasteiger partial charge in [0.25, 0.3) is 0 Å². The quantitative estimate of drug-likeness (QED) is 0.670. The Bertz CT molecular complexity index is 598. The molecule has 1 heterocycles. The standard InChI is InChI=1S/C12H12N4O3/c13-10-9(5-6-15-11(10)14)19-8-3-1-7(2-4-8)16-12(17)18/h1-6,16H,13H2,(H2,14,15)(H,17,18). The van der Waals surface area contributed by atoms with Gasteiger partial charge < -0.3 is 21.3 Å². The molecule has 1 amide bonds. The minimum absolute atomic E-state index is 0.196. The maximum absolute atomic E-state index is 10.4. The van der Waals surface area contributed by atoms with Crippen molar-refractivity contribution < 1.29 is 14.6 Å². The zero-order valence-corrected chi connectivity index (χ0v) is 9.83. The average molecular weight is 260 g/mol. The number of nitrogens with two attached hydrogens (primary N) is 2. The van der Waals surface area contributed by atoms with Crippen molar-refractivity contribution in [3.8, 4) is 11.5 Å². The van der Waals surface area contributed by atoms with E-state index in [1.165, 1.54) is 6.20 Å². The third kappa shape index (κ3) is 3.03. The lowest BCUT2D eigenvalue weighted by molar-refractivity contribution is 0.209. The van der Waals surface area contributed by atoms with Gasteiger partial charge in [0, 0.05) is 18.0 Å². The van der Waals surface area contributed by atoms with Crippen molar-refractivity contribution in [1.29, 1.82) is 0 Å². The molecule has 7 heteroatoms. The summed E-state index contributed by atoms with van der Waals surface area (Å²) >= 11 is 0. The molecule has 0 aliphatic heterocycles. The van der Waals surface area contributed by atoms with Crippen LogP contribution in [0.15, 0.2) is 36.5 Å². The molecule has 0 unspecified atom stereocenters. The number of aromatic nitrogens is 1. The molecular formula is C12H12N4O3. The van der Waals surface area contributed by atoms with Gasteiger partial charge in [0.05, 0.1) is 0 Å². The number of hydrogen-bond acceptors (Lipinski definition) is 5. The second-order valence-corrected chi connectivity index (χ2v) is 3.66. The van der Waals surface area contributed by atoms with Crippen LogP contribution in [0.4, 0.5) is 22.0 Å². The van der Waals surface area contributed by atoms with Crippen molar-refractivity contribution in [2.24, 2.45) is 0 Å². The molecule has 0 saturated carbocycles. The predicted octanol–water partition coefficient (Wildman–Crippen LogP) is 2.13. The van der Waals surface area contributed by atoms with Crippen LogP contribution in [0.1, 0.15) is 0 Å². The number of anilines is 3. The summed E-state index contributed by atoms with van der Waals surface area (Å²) in [6.45, 7) is 0.